The average Bonchev–Trinajstić information content (AvgIpc) is 2.29. The van der Waals surface area contributed by atoms with Gasteiger partial charge in [-0.05, 0) is 43.0 Å². The number of halogens is 1. The van der Waals surface area contributed by atoms with Crippen LogP contribution >= 0.6 is 27.7 Å². The molecule has 3 nitrogen and oxygen atoms in total. The molecule has 0 N–H and O–H groups in total. The molecule has 0 saturated carbocycles. The van der Waals surface area contributed by atoms with Crippen LogP contribution in [-0.2, 0) is 0 Å². The molecule has 86 valence electrons. The van der Waals surface area contributed by atoms with Crippen molar-refractivity contribution < 1.29 is 4.79 Å². The second-order valence-electron chi connectivity index (χ2n) is 3.38. The van der Waals surface area contributed by atoms with Gasteiger partial charge in [-0.15, -0.1) is 0 Å². The molecule has 2 aromatic rings. The first-order valence-electron chi connectivity index (χ1n) is 4.91. The molecule has 1 heterocycles. The number of hydrogen-bond donors (Lipinski definition) is 0. The van der Waals surface area contributed by atoms with Crippen molar-refractivity contribution in [3.8, 4) is 0 Å². The van der Waals surface area contributed by atoms with E-state index < -0.39 is 0 Å². The highest BCUT2D eigenvalue weighted by Gasteiger charge is 2.04. The summed E-state index contributed by atoms with van der Waals surface area (Å²) in [6.45, 7) is 1.93. The van der Waals surface area contributed by atoms with Gasteiger partial charge in [0.15, 0.2) is 11.4 Å². The maximum Gasteiger partial charge on any atom is 0.192 e. The summed E-state index contributed by atoms with van der Waals surface area (Å²) in [6.07, 6.45) is 2.56. The zero-order valence-corrected chi connectivity index (χ0v) is 11.5. The van der Waals surface area contributed by atoms with Crippen LogP contribution in [0.2, 0.25) is 0 Å². The number of aryl methyl sites for hydroxylation is 1. The van der Waals surface area contributed by atoms with Gasteiger partial charge in [0.1, 0.15) is 0 Å². The number of aromatic nitrogens is 2. The Balaban J connectivity index is 2.24. The highest BCUT2D eigenvalue weighted by atomic mass is 79.9. The molecule has 5 heteroatoms. The molecular formula is C12H9BrN2OS. The Hall–Kier alpha value is -1.20. The van der Waals surface area contributed by atoms with Crippen molar-refractivity contribution in [2.75, 3.05) is 0 Å². The molecule has 0 aliphatic carbocycles. The molecule has 0 amide bonds. The van der Waals surface area contributed by atoms with Crippen LogP contribution in [0, 0.1) is 6.92 Å². The van der Waals surface area contributed by atoms with E-state index in [-0.39, 0.29) is 0 Å². The predicted molar refractivity (Wildman–Crippen MR) is 70.4 cm³/mol. The van der Waals surface area contributed by atoms with E-state index in [2.05, 4.69) is 25.9 Å². The fourth-order valence-electron chi connectivity index (χ4n) is 1.25. The Labute approximate surface area is 112 Å². The first kappa shape index (κ1) is 12.3. The zero-order valence-electron chi connectivity index (χ0n) is 9.05. The lowest BCUT2D eigenvalue weighted by Gasteiger charge is -2.02. The molecule has 1 aromatic heterocycles. The van der Waals surface area contributed by atoms with E-state index in [0.29, 0.717) is 10.7 Å². The van der Waals surface area contributed by atoms with E-state index in [1.165, 1.54) is 11.8 Å². The van der Waals surface area contributed by atoms with Crippen LogP contribution in [0.4, 0.5) is 0 Å². The first-order chi connectivity index (χ1) is 8.19. The highest BCUT2D eigenvalue weighted by molar-refractivity contribution is 9.10. The third-order valence-electron chi connectivity index (χ3n) is 2.08. The quantitative estimate of drug-likeness (QED) is 0.643. The van der Waals surface area contributed by atoms with Gasteiger partial charge < -0.3 is 0 Å². The lowest BCUT2D eigenvalue weighted by Crippen LogP contribution is -1.88. The Morgan fingerprint density at radius 1 is 1.35 bits per heavy atom. The number of carbonyl (C=O) groups excluding carboxylic acids is 1. The maximum atomic E-state index is 10.7. The summed E-state index contributed by atoms with van der Waals surface area (Å²) in [7, 11) is 0. The monoisotopic (exact) mass is 308 g/mol. The van der Waals surface area contributed by atoms with Crippen molar-refractivity contribution in [1.82, 2.24) is 9.97 Å². The maximum absolute atomic E-state index is 10.7. The largest absolute Gasteiger partial charge is 0.298 e. The topological polar surface area (TPSA) is 42.9 Å². The van der Waals surface area contributed by atoms with Crippen LogP contribution in [0.25, 0.3) is 0 Å². The van der Waals surface area contributed by atoms with E-state index in [9.17, 15) is 4.79 Å². The molecule has 0 radical (unpaired) electrons. The Kier molecular flexibility index (Phi) is 3.91. The summed E-state index contributed by atoms with van der Waals surface area (Å²) < 4.78 is 0.783. The number of nitrogens with zero attached hydrogens (tertiary/aromatic N) is 2. The summed E-state index contributed by atoms with van der Waals surface area (Å²) in [5.74, 6) is 0. The van der Waals surface area contributed by atoms with Crippen molar-refractivity contribution in [3.63, 3.8) is 0 Å². The van der Waals surface area contributed by atoms with Crippen molar-refractivity contribution in [2.24, 2.45) is 0 Å². The summed E-state index contributed by atoms with van der Waals surface area (Å²) in [4.78, 5) is 20.2. The minimum atomic E-state index is 0.638. The van der Waals surface area contributed by atoms with E-state index in [1.54, 1.807) is 12.3 Å². The first-order valence-corrected chi connectivity index (χ1v) is 6.52. The fourth-order valence-corrected chi connectivity index (χ4v) is 2.70. The highest BCUT2D eigenvalue weighted by Crippen LogP contribution is 2.28. The molecule has 0 atom stereocenters. The van der Waals surface area contributed by atoms with Gasteiger partial charge in [0, 0.05) is 26.8 Å². The van der Waals surface area contributed by atoms with Gasteiger partial charge in [-0.25, -0.2) is 9.97 Å². The normalized spacial score (nSPS) is 10.2. The molecule has 2 rings (SSSR count). The van der Waals surface area contributed by atoms with E-state index in [0.717, 1.165) is 21.3 Å². The summed E-state index contributed by atoms with van der Waals surface area (Å²) >= 11 is 4.82. The molecule has 0 fully saturated rings. The smallest absolute Gasteiger partial charge is 0.192 e. The van der Waals surface area contributed by atoms with Gasteiger partial charge in [0.2, 0.25) is 0 Å². The molecular weight excluding hydrogens is 300 g/mol. The molecule has 0 unspecified atom stereocenters. The lowest BCUT2D eigenvalue weighted by atomic mass is 10.2. The van der Waals surface area contributed by atoms with Gasteiger partial charge in [0.25, 0.3) is 0 Å². The van der Waals surface area contributed by atoms with Crippen LogP contribution in [0.5, 0.6) is 0 Å². The second kappa shape index (κ2) is 5.42. The summed E-state index contributed by atoms with van der Waals surface area (Å²) in [6, 6.07) is 7.40. The molecule has 0 saturated heterocycles. The lowest BCUT2D eigenvalue weighted by molar-refractivity contribution is 0.112. The molecule has 0 aliphatic rings. The minimum Gasteiger partial charge on any atom is -0.298 e. The molecule has 0 spiro atoms. The van der Waals surface area contributed by atoms with E-state index in [1.807, 2.05) is 25.1 Å². The van der Waals surface area contributed by atoms with Gasteiger partial charge in [-0.2, -0.15) is 0 Å². The van der Waals surface area contributed by atoms with Crippen molar-refractivity contribution in [1.29, 1.82) is 0 Å². The van der Waals surface area contributed by atoms with Crippen LogP contribution < -0.4 is 0 Å². The molecule has 0 aliphatic heterocycles. The summed E-state index contributed by atoms with van der Waals surface area (Å²) in [5, 5.41) is 0.704. The van der Waals surface area contributed by atoms with E-state index in [4.69, 9.17) is 0 Å². The van der Waals surface area contributed by atoms with Gasteiger partial charge in [0.05, 0.1) is 0 Å². The zero-order chi connectivity index (χ0) is 12.3. The van der Waals surface area contributed by atoms with Crippen molar-refractivity contribution in [3.05, 3.63) is 46.2 Å². The third kappa shape index (κ3) is 3.14. The van der Waals surface area contributed by atoms with Crippen molar-refractivity contribution >= 4 is 34.0 Å². The molecule has 1 aromatic carbocycles. The number of rotatable bonds is 3. The van der Waals surface area contributed by atoms with E-state index >= 15 is 0 Å². The van der Waals surface area contributed by atoms with Gasteiger partial charge in [-0.1, -0.05) is 15.9 Å². The fraction of sp³-hybridized carbons (Fsp3) is 0.0833. The SMILES string of the molecule is Cc1ccnc(Sc2ccc(C=O)c(Br)c2)n1. The van der Waals surface area contributed by atoms with Crippen LogP contribution in [0.3, 0.4) is 0 Å². The number of aldehydes is 1. The van der Waals surface area contributed by atoms with Gasteiger partial charge >= 0.3 is 0 Å². The third-order valence-corrected chi connectivity index (χ3v) is 3.64. The number of hydrogen-bond acceptors (Lipinski definition) is 4. The molecule has 0 bridgehead atoms. The van der Waals surface area contributed by atoms with Crippen LogP contribution in [0.15, 0.2) is 45.0 Å². The Bertz CT molecular complexity index is 560. The Morgan fingerprint density at radius 3 is 2.82 bits per heavy atom. The van der Waals surface area contributed by atoms with Crippen LogP contribution in [0.1, 0.15) is 16.1 Å². The number of benzene rings is 1. The minimum absolute atomic E-state index is 0.638. The van der Waals surface area contributed by atoms with Crippen LogP contribution in [-0.4, -0.2) is 16.3 Å². The summed E-state index contributed by atoms with van der Waals surface area (Å²) in [5.41, 5.74) is 1.57. The average molecular weight is 309 g/mol. The van der Waals surface area contributed by atoms with Gasteiger partial charge in [-0.3, -0.25) is 4.79 Å². The molecule has 17 heavy (non-hydrogen) atoms. The van der Waals surface area contributed by atoms with Crippen molar-refractivity contribution in [2.45, 2.75) is 17.0 Å². The number of carbonyl (C=O) groups is 1. The predicted octanol–water partition coefficient (Wildman–Crippen LogP) is 3.51. The second-order valence-corrected chi connectivity index (χ2v) is 5.28. The Morgan fingerprint density at radius 2 is 2.18 bits per heavy atom. The standard InChI is InChI=1S/C12H9BrN2OS/c1-8-4-5-14-12(15-8)17-10-3-2-9(7-16)11(13)6-10/h2-7H,1H3.